The summed E-state index contributed by atoms with van der Waals surface area (Å²) in [5.74, 6) is 0. The van der Waals surface area contributed by atoms with Crippen molar-refractivity contribution in [1.82, 2.24) is 0 Å². The fourth-order valence-electron chi connectivity index (χ4n) is 8.76. The number of hydrogen-bond donors (Lipinski definition) is 0. The van der Waals surface area contributed by atoms with Gasteiger partial charge in [0.15, 0.2) is 0 Å². The third-order valence-corrected chi connectivity index (χ3v) is 14.4. The van der Waals surface area contributed by atoms with Gasteiger partial charge >= 0.3 is 0 Å². The Morgan fingerprint density at radius 1 is 0.592 bits per heavy atom. The lowest BCUT2D eigenvalue weighted by Gasteiger charge is -2.44. The zero-order valence-corrected chi connectivity index (χ0v) is 30.4. The molecule has 0 bridgehead atoms. The third kappa shape index (κ3) is 4.00. The van der Waals surface area contributed by atoms with Crippen molar-refractivity contribution in [2.45, 2.75) is 38.9 Å². The van der Waals surface area contributed by atoms with Crippen molar-refractivity contribution in [3.05, 3.63) is 145 Å². The summed E-state index contributed by atoms with van der Waals surface area (Å²) in [4.78, 5) is 5.15. The molecule has 0 spiro atoms. The second-order valence-electron chi connectivity index (χ2n) is 15.4. The summed E-state index contributed by atoms with van der Waals surface area (Å²) < 4.78 is 2.80. The second kappa shape index (κ2) is 10.1. The van der Waals surface area contributed by atoms with Crippen molar-refractivity contribution >= 4 is 91.2 Å². The van der Waals surface area contributed by atoms with Gasteiger partial charge in [-0.15, -0.1) is 11.3 Å². The van der Waals surface area contributed by atoms with Gasteiger partial charge in [-0.1, -0.05) is 118 Å². The lowest BCUT2D eigenvalue weighted by Crippen LogP contribution is -2.61. The summed E-state index contributed by atoms with van der Waals surface area (Å²) in [5, 5.41) is 2.82. The van der Waals surface area contributed by atoms with Gasteiger partial charge in [0, 0.05) is 48.7 Å². The molecule has 236 valence electrons. The first kappa shape index (κ1) is 29.1. The van der Waals surface area contributed by atoms with Gasteiger partial charge in [-0.2, -0.15) is 0 Å². The Morgan fingerprint density at radius 3 is 1.92 bits per heavy atom. The number of fused-ring (bicyclic) bond motifs is 9. The molecule has 2 nitrogen and oxygen atoms in total. The van der Waals surface area contributed by atoms with Gasteiger partial charge in [-0.3, -0.25) is 0 Å². The summed E-state index contributed by atoms with van der Waals surface area (Å²) in [6.45, 7) is 12.4. The van der Waals surface area contributed by atoms with Crippen LogP contribution in [0.4, 0.5) is 34.1 Å². The zero-order chi connectivity index (χ0) is 33.2. The predicted molar refractivity (Wildman–Crippen MR) is 216 cm³/mol. The van der Waals surface area contributed by atoms with Crippen LogP contribution in [0.15, 0.2) is 133 Å². The highest BCUT2D eigenvalue weighted by atomic mass is 32.1. The SMILES string of the molecule is CC1(C)c2ccccc2-c2cc3c4c(sc3cc21)B1c2ccccc2N(c2ccccc2)c2cc([Si](C)(C)C)cc(c21)N4c1ccccc1. The summed E-state index contributed by atoms with van der Waals surface area (Å²) in [6.07, 6.45) is 0. The first-order chi connectivity index (χ1) is 23.7. The summed E-state index contributed by atoms with van der Waals surface area (Å²) in [6, 6.07) is 50.4. The summed E-state index contributed by atoms with van der Waals surface area (Å²) >= 11 is 2.00. The molecule has 7 aromatic rings. The fourth-order valence-corrected chi connectivity index (χ4v) is 11.2. The van der Waals surface area contributed by atoms with E-state index in [1.807, 2.05) is 11.3 Å². The van der Waals surface area contributed by atoms with E-state index in [4.69, 9.17) is 0 Å². The standard InChI is InChI=1S/C44H37BN2SSi/c1-44(2)34-21-13-12-20-31(34)32-26-33-40(27-35(32)44)48-43-42(33)47(29-18-10-7-11-19-29)39-25-30(49(3,4)5)24-38-41(39)45(43)36-22-14-15-23-37(36)46(38)28-16-8-6-9-17-28/h6-27H,1-5H3. The van der Waals surface area contributed by atoms with Gasteiger partial charge in [-0.25, -0.2) is 0 Å². The van der Waals surface area contributed by atoms with Gasteiger partial charge in [0.25, 0.3) is 6.71 Å². The van der Waals surface area contributed by atoms with Gasteiger partial charge in [-0.05, 0) is 87.8 Å². The molecule has 0 amide bonds. The number of nitrogens with zero attached hydrogens (tertiary/aromatic N) is 2. The van der Waals surface area contributed by atoms with Crippen LogP contribution in [0.5, 0.6) is 0 Å². The number of rotatable bonds is 3. The minimum absolute atomic E-state index is 0.0419. The van der Waals surface area contributed by atoms with Gasteiger partial charge in [0.05, 0.1) is 13.8 Å². The van der Waals surface area contributed by atoms with Crippen LogP contribution in [0.1, 0.15) is 25.0 Å². The topological polar surface area (TPSA) is 6.48 Å². The van der Waals surface area contributed by atoms with Crippen LogP contribution in [0, 0.1) is 0 Å². The van der Waals surface area contributed by atoms with Crippen LogP contribution >= 0.6 is 11.3 Å². The minimum atomic E-state index is -1.74. The highest BCUT2D eigenvalue weighted by molar-refractivity contribution is 7.33. The molecule has 5 heteroatoms. The second-order valence-corrected chi connectivity index (χ2v) is 21.6. The molecule has 3 heterocycles. The van der Waals surface area contributed by atoms with Gasteiger partial charge in [0.2, 0.25) is 0 Å². The molecule has 0 saturated carbocycles. The molecule has 0 N–H and O–H groups in total. The highest BCUT2D eigenvalue weighted by Gasteiger charge is 2.46. The number of anilines is 6. The van der Waals surface area contributed by atoms with E-state index >= 15 is 0 Å². The van der Waals surface area contributed by atoms with Crippen molar-refractivity contribution in [1.29, 1.82) is 0 Å². The maximum absolute atomic E-state index is 2.61. The molecule has 0 atom stereocenters. The molecule has 0 unspecified atom stereocenters. The average molecular weight is 665 g/mol. The van der Waals surface area contributed by atoms with Crippen molar-refractivity contribution < 1.29 is 0 Å². The molecular weight excluding hydrogens is 627 g/mol. The fraction of sp³-hybridized carbons (Fsp3) is 0.136. The maximum atomic E-state index is 2.61. The van der Waals surface area contributed by atoms with Crippen molar-refractivity contribution in [3.8, 4) is 11.1 Å². The molecule has 10 rings (SSSR count). The lowest BCUT2D eigenvalue weighted by atomic mass is 9.36. The van der Waals surface area contributed by atoms with E-state index in [2.05, 4.69) is 177 Å². The molecule has 0 fully saturated rings. The van der Waals surface area contributed by atoms with E-state index < -0.39 is 8.07 Å². The largest absolute Gasteiger partial charge is 0.311 e. The predicted octanol–water partition coefficient (Wildman–Crippen LogP) is 9.84. The highest BCUT2D eigenvalue weighted by Crippen LogP contribution is 2.53. The number of benzene rings is 6. The van der Waals surface area contributed by atoms with E-state index in [0.717, 1.165) is 0 Å². The van der Waals surface area contributed by atoms with Crippen molar-refractivity contribution in [3.63, 3.8) is 0 Å². The van der Waals surface area contributed by atoms with E-state index in [9.17, 15) is 0 Å². The Balaban J connectivity index is 1.35. The van der Waals surface area contributed by atoms with Crippen LogP contribution in [-0.4, -0.2) is 14.8 Å². The number of hydrogen-bond acceptors (Lipinski definition) is 3. The molecule has 6 aromatic carbocycles. The van der Waals surface area contributed by atoms with Crippen LogP contribution in [0.3, 0.4) is 0 Å². The monoisotopic (exact) mass is 664 g/mol. The molecule has 1 aliphatic carbocycles. The molecule has 49 heavy (non-hydrogen) atoms. The molecule has 2 aliphatic heterocycles. The molecule has 3 aliphatic rings. The van der Waals surface area contributed by atoms with Crippen LogP contribution < -0.4 is 30.7 Å². The first-order valence-corrected chi connectivity index (χ1v) is 21.7. The van der Waals surface area contributed by atoms with E-state index in [0.29, 0.717) is 0 Å². The maximum Gasteiger partial charge on any atom is 0.264 e. The van der Waals surface area contributed by atoms with E-state index in [-0.39, 0.29) is 12.1 Å². The van der Waals surface area contributed by atoms with E-state index in [1.165, 1.54) is 87.4 Å². The van der Waals surface area contributed by atoms with Crippen LogP contribution in [-0.2, 0) is 5.41 Å². The van der Waals surface area contributed by atoms with E-state index in [1.54, 1.807) is 0 Å². The molecular formula is C44H37BN2SSi. The minimum Gasteiger partial charge on any atom is -0.311 e. The first-order valence-electron chi connectivity index (χ1n) is 17.4. The van der Waals surface area contributed by atoms with Crippen molar-refractivity contribution in [2.24, 2.45) is 0 Å². The number of thiophene rings is 1. The Kier molecular flexibility index (Phi) is 6.00. The lowest BCUT2D eigenvalue weighted by molar-refractivity contribution is 0.661. The Hall–Kier alpha value is -4.84. The molecule has 0 saturated heterocycles. The van der Waals surface area contributed by atoms with Gasteiger partial charge < -0.3 is 9.80 Å². The van der Waals surface area contributed by atoms with Crippen molar-refractivity contribution in [2.75, 3.05) is 9.80 Å². The van der Waals surface area contributed by atoms with Crippen LogP contribution in [0.2, 0.25) is 19.6 Å². The Labute approximate surface area is 294 Å². The third-order valence-electron chi connectivity index (χ3n) is 11.2. The van der Waals surface area contributed by atoms with Crippen LogP contribution in [0.25, 0.3) is 21.2 Å². The Bertz CT molecular complexity index is 2480. The smallest absolute Gasteiger partial charge is 0.264 e. The molecule has 0 radical (unpaired) electrons. The number of para-hydroxylation sites is 3. The summed E-state index contributed by atoms with van der Waals surface area (Å²) in [5.41, 5.74) is 16.0. The van der Waals surface area contributed by atoms with Gasteiger partial charge in [0.1, 0.15) is 0 Å². The summed E-state index contributed by atoms with van der Waals surface area (Å²) in [7, 11) is -1.74. The average Bonchev–Trinajstić information content (AvgIpc) is 3.59. The molecule has 1 aromatic heterocycles. The normalized spacial score (nSPS) is 15.1. The zero-order valence-electron chi connectivity index (χ0n) is 28.6. The quantitative estimate of drug-likeness (QED) is 0.174. The Morgan fingerprint density at radius 2 is 1.20 bits per heavy atom.